The van der Waals surface area contributed by atoms with Crippen molar-refractivity contribution in [3.05, 3.63) is 35.9 Å². The summed E-state index contributed by atoms with van der Waals surface area (Å²) in [6.07, 6.45) is 1.73. The normalized spacial score (nSPS) is 14.8. The molecule has 0 aliphatic carbocycles. The van der Waals surface area contributed by atoms with Crippen molar-refractivity contribution >= 4 is 24.1 Å². The Labute approximate surface area is 141 Å². The van der Waals surface area contributed by atoms with Crippen LogP contribution in [0.1, 0.15) is 5.56 Å². The van der Waals surface area contributed by atoms with E-state index in [4.69, 9.17) is 4.74 Å². The summed E-state index contributed by atoms with van der Waals surface area (Å²) in [6, 6.07) is 9.84. The Morgan fingerprint density at radius 1 is 1.12 bits per heavy atom. The standard InChI is InChI=1S/C16H21N7O/c1-22(2)15-18-14(21-17-12-13-6-4-3-5-7-13)19-16(20-15)23-8-10-24-11-9-23/h3-7,12H,8-11H2,1-2H3,(H,18,19,20,21)/b17-12-. The summed E-state index contributed by atoms with van der Waals surface area (Å²) >= 11 is 0. The highest BCUT2D eigenvalue weighted by Crippen LogP contribution is 2.16. The molecule has 0 bridgehead atoms. The molecule has 3 rings (SSSR count). The highest BCUT2D eigenvalue weighted by molar-refractivity contribution is 5.79. The average Bonchev–Trinajstić information content (AvgIpc) is 2.63. The van der Waals surface area contributed by atoms with Gasteiger partial charge in [0.15, 0.2) is 0 Å². The number of hydrogen-bond acceptors (Lipinski definition) is 8. The predicted octanol–water partition coefficient (Wildman–Crippen LogP) is 1.22. The van der Waals surface area contributed by atoms with Crippen LogP contribution in [0.3, 0.4) is 0 Å². The van der Waals surface area contributed by atoms with E-state index >= 15 is 0 Å². The number of hydrogen-bond donors (Lipinski definition) is 1. The number of benzene rings is 1. The van der Waals surface area contributed by atoms with Crippen LogP contribution in [0, 0.1) is 0 Å². The van der Waals surface area contributed by atoms with Crippen molar-refractivity contribution in [1.82, 2.24) is 15.0 Å². The van der Waals surface area contributed by atoms with Gasteiger partial charge in [0, 0.05) is 27.2 Å². The molecule has 1 aliphatic rings. The molecule has 126 valence electrons. The summed E-state index contributed by atoms with van der Waals surface area (Å²) in [5.74, 6) is 1.64. The smallest absolute Gasteiger partial charge is 0.250 e. The summed E-state index contributed by atoms with van der Waals surface area (Å²) in [6.45, 7) is 2.89. The molecule has 0 unspecified atom stereocenters. The Kier molecular flexibility index (Phi) is 5.17. The van der Waals surface area contributed by atoms with Crippen LogP contribution in [0.15, 0.2) is 35.4 Å². The van der Waals surface area contributed by atoms with E-state index in [2.05, 4.69) is 30.4 Å². The van der Waals surface area contributed by atoms with E-state index in [-0.39, 0.29) is 0 Å². The number of rotatable bonds is 5. The quantitative estimate of drug-likeness (QED) is 0.653. The van der Waals surface area contributed by atoms with Gasteiger partial charge >= 0.3 is 0 Å². The van der Waals surface area contributed by atoms with E-state index in [0.29, 0.717) is 31.1 Å². The molecule has 2 heterocycles. The van der Waals surface area contributed by atoms with Crippen LogP contribution in [-0.2, 0) is 4.74 Å². The number of nitrogens with zero attached hydrogens (tertiary/aromatic N) is 6. The van der Waals surface area contributed by atoms with Crippen LogP contribution in [0.2, 0.25) is 0 Å². The second-order valence-corrected chi connectivity index (χ2v) is 5.53. The second kappa shape index (κ2) is 7.69. The summed E-state index contributed by atoms with van der Waals surface area (Å²) in [7, 11) is 3.80. The Balaban J connectivity index is 1.78. The van der Waals surface area contributed by atoms with Crippen molar-refractivity contribution in [1.29, 1.82) is 0 Å². The number of anilines is 3. The van der Waals surface area contributed by atoms with Crippen molar-refractivity contribution in [2.24, 2.45) is 5.10 Å². The first kappa shape index (κ1) is 16.1. The topological polar surface area (TPSA) is 78.8 Å². The number of morpholine rings is 1. The molecule has 1 fully saturated rings. The highest BCUT2D eigenvalue weighted by Gasteiger charge is 2.17. The maximum absolute atomic E-state index is 5.38. The van der Waals surface area contributed by atoms with Crippen LogP contribution < -0.4 is 15.2 Å². The lowest BCUT2D eigenvalue weighted by molar-refractivity contribution is 0.122. The molecule has 0 saturated carbocycles. The van der Waals surface area contributed by atoms with E-state index in [9.17, 15) is 0 Å². The van der Waals surface area contributed by atoms with E-state index in [1.165, 1.54) is 0 Å². The molecule has 8 nitrogen and oxygen atoms in total. The van der Waals surface area contributed by atoms with Gasteiger partial charge in [-0.3, -0.25) is 0 Å². The maximum Gasteiger partial charge on any atom is 0.250 e. The molecule has 24 heavy (non-hydrogen) atoms. The molecule has 1 aromatic carbocycles. The minimum Gasteiger partial charge on any atom is -0.378 e. The van der Waals surface area contributed by atoms with E-state index in [1.807, 2.05) is 49.3 Å². The zero-order valence-electron chi connectivity index (χ0n) is 13.9. The number of hydrazone groups is 1. The van der Waals surface area contributed by atoms with E-state index < -0.39 is 0 Å². The SMILES string of the molecule is CN(C)c1nc(N/N=C\c2ccccc2)nc(N2CCOCC2)n1. The van der Waals surface area contributed by atoms with Gasteiger partial charge in [-0.2, -0.15) is 20.1 Å². The molecule has 2 aromatic rings. The number of ether oxygens (including phenoxy) is 1. The second-order valence-electron chi connectivity index (χ2n) is 5.53. The van der Waals surface area contributed by atoms with Crippen LogP contribution in [0.4, 0.5) is 17.8 Å². The maximum atomic E-state index is 5.38. The molecule has 0 amide bonds. The number of aromatic nitrogens is 3. The minimum atomic E-state index is 0.419. The minimum absolute atomic E-state index is 0.419. The fourth-order valence-corrected chi connectivity index (χ4v) is 2.21. The summed E-state index contributed by atoms with van der Waals surface area (Å²) in [4.78, 5) is 17.3. The molecule has 1 saturated heterocycles. The predicted molar refractivity (Wildman–Crippen MR) is 94.8 cm³/mol. The van der Waals surface area contributed by atoms with Gasteiger partial charge in [-0.25, -0.2) is 5.43 Å². The lowest BCUT2D eigenvalue weighted by Gasteiger charge is -2.27. The zero-order valence-corrected chi connectivity index (χ0v) is 13.9. The molecule has 0 radical (unpaired) electrons. The fraction of sp³-hybridized carbons (Fsp3) is 0.375. The van der Waals surface area contributed by atoms with Crippen LogP contribution in [0.25, 0.3) is 0 Å². The lowest BCUT2D eigenvalue weighted by atomic mass is 10.2. The van der Waals surface area contributed by atoms with Gasteiger partial charge in [-0.15, -0.1) is 0 Å². The lowest BCUT2D eigenvalue weighted by Crippen LogP contribution is -2.37. The first-order valence-corrected chi connectivity index (χ1v) is 7.82. The van der Waals surface area contributed by atoms with Crippen LogP contribution in [0.5, 0.6) is 0 Å². The molecule has 1 aromatic heterocycles. The Bertz CT molecular complexity index is 684. The van der Waals surface area contributed by atoms with Gasteiger partial charge in [-0.05, 0) is 5.56 Å². The van der Waals surface area contributed by atoms with E-state index in [0.717, 1.165) is 18.7 Å². The van der Waals surface area contributed by atoms with Crippen molar-refractivity contribution in [2.75, 3.05) is 55.6 Å². The van der Waals surface area contributed by atoms with Gasteiger partial charge in [0.2, 0.25) is 17.8 Å². The first-order chi connectivity index (χ1) is 11.7. The summed E-state index contributed by atoms with van der Waals surface area (Å²) in [5.41, 5.74) is 3.89. The third-order valence-corrected chi connectivity index (χ3v) is 3.48. The Morgan fingerprint density at radius 2 is 1.88 bits per heavy atom. The molecular weight excluding hydrogens is 306 g/mol. The highest BCUT2D eigenvalue weighted by atomic mass is 16.5. The number of nitrogens with one attached hydrogen (secondary N) is 1. The third-order valence-electron chi connectivity index (χ3n) is 3.48. The zero-order chi connectivity index (χ0) is 16.8. The van der Waals surface area contributed by atoms with Crippen LogP contribution >= 0.6 is 0 Å². The van der Waals surface area contributed by atoms with E-state index in [1.54, 1.807) is 6.21 Å². The molecule has 0 atom stereocenters. The monoisotopic (exact) mass is 327 g/mol. The first-order valence-electron chi connectivity index (χ1n) is 7.82. The van der Waals surface area contributed by atoms with Gasteiger partial charge in [0.1, 0.15) is 0 Å². The van der Waals surface area contributed by atoms with Crippen molar-refractivity contribution in [2.45, 2.75) is 0 Å². The Hall–Kier alpha value is -2.74. The largest absolute Gasteiger partial charge is 0.378 e. The van der Waals surface area contributed by atoms with Crippen molar-refractivity contribution in [3.8, 4) is 0 Å². The summed E-state index contributed by atoms with van der Waals surface area (Å²) in [5, 5.41) is 4.21. The Morgan fingerprint density at radius 3 is 2.58 bits per heavy atom. The molecule has 0 spiro atoms. The van der Waals surface area contributed by atoms with Gasteiger partial charge in [0.05, 0.1) is 19.4 Å². The van der Waals surface area contributed by atoms with Gasteiger partial charge < -0.3 is 14.5 Å². The average molecular weight is 327 g/mol. The molecule has 1 aliphatic heterocycles. The molecule has 8 heteroatoms. The molecular formula is C16H21N7O. The van der Waals surface area contributed by atoms with Crippen molar-refractivity contribution < 1.29 is 4.74 Å². The van der Waals surface area contributed by atoms with Crippen LogP contribution in [-0.4, -0.2) is 61.6 Å². The fourth-order valence-electron chi connectivity index (χ4n) is 2.21. The summed E-state index contributed by atoms with van der Waals surface area (Å²) < 4.78 is 5.38. The third kappa shape index (κ3) is 4.17. The van der Waals surface area contributed by atoms with Gasteiger partial charge in [-0.1, -0.05) is 30.3 Å². The van der Waals surface area contributed by atoms with Crippen molar-refractivity contribution in [3.63, 3.8) is 0 Å². The van der Waals surface area contributed by atoms with Gasteiger partial charge in [0.25, 0.3) is 0 Å². The molecule has 1 N–H and O–H groups in total.